The summed E-state index contributed by atoms with van der Waals surface area (Å²) >= 11 is 6.21. The van der Waals surface area contributed by atoms with Gasteiger partial charge in [-0.05, 0) is 12.1 Å². The van der Waals surface area contributed by atoms with Crippen LogP contribution in [0.15, 0.2) is 18.2 Å². The summed E-state index contributed by atoms with van der Waals surface area (Å²) in [5, 5.41) is 3.32. The monoisotopic (exact) mass is 300 g/mol. The fourth-order valence-corrected chi connectivity index (χ4v) is 4.48. The van der Waals surface area contributed by atoms with Gasteiger partial charge in [0.2, 0.25) is 5.91 Å². The van der Waals surface area contributed by atoms with Crippen LogP contribution in [0, 0.1) is 0 Å². The molecule has 0 aromatic heterocycles. The third kappa shape index (κ3) is 2.30. The number of carbonyl (C=O) groups excluding carboxylic acids is 1. The van der Waals surface area contributed by atoms with Crippen LogP contribution in [-0.4, -0.2) is 38.4 Å². The summed E-state index contributed by atoms with van der Waals surface area (Å²) in [5.41, 5.74) is 1.38. The number of hydrogen-bond donors (Lipinski definition) is 1. The molecule has 0 spiro atoms. The van der Waals surface area contributed by atoms with E-state index in [1.54, 1.807) is 18.2 Å². The highest BCUT2D eigenvalue weighted by molar-refractivity contribution is 7.91. The summed E-state index contributed by atoms with van der Waals surface area (Å²) in [6.45, 7) is 0.374. The topological polar surface area (TPSA) is 66.5 Å². The molecule has 0 saturated carbocycles. The maximum atomic E-state index is 11.8. The maximum Gasteiger partial charge on any atom is 0.226 e. The molecule has 3 rings (SSSR count). The molecule has 1 atom stereocenters. The fourth-order valence-electron chi connectivity index (χ4n) is 2.67. The third-order valence-electron chi connectivity index (χ3n) is 3.50. The van der Waals surface area contributed by atoms with Crippen LogP contribution < -0.4 is 10.2 Å². The van der Waals surface area contributed by atoms with Crippen LogP contribution in [-0.2, 0) is 14.6 Å². The van der Waals surface area contributed by atoms with Crippen LogP contribution in [0.2, 0.25) is 5.02 Å². The van der Waals surface area contributed by atoms with Crippen LogP contribution in [0.3, 0.4) is 0 Å². The van der Waals surface area contributed by atoms with Crippen molar-refractivity contribution in [1.82, 2.24) is 0 Å². The molecule has 1 saturated heterocycles. The lowest BCUT2D eigenvalue weighted by Crippen LogP contribution is -2.49. The summed E-state index contributed by atoms with van der Waals surface area (Å²) in [5.74, 6) is -0.0684. The van der Waals surface area contributed by atoms with Crippen molar-refractivity contribution in [2.45, 2.75) is 12.5 Å². The van der Waals surface area contributed by atoms with Gasteiger partial charge in [0.25, 0.3) is 0 Å². The van der Waals surface area contributed by atoms with Gasteiger partial charge in [-0.1, -0.05) is 17.7 Å². The van der Waals surface area contributed by atoms with E-state index in [2.05, 4.69) is 5.32 Å². The van der Waals surface area contributed by atoms with Gasteiger partial charge in [0.05, 0.1) is 33.9 Å². The Morgan fingerprint density at radius 3 is 2.95 bits per heavy atom. The smallest absolute Gasteiger partial charge is 0.226 e. The van der Waals surface area contributed by atoms with Crippen LogP contribution >= 0.6 is 11.6 Å². The SMILES string of the molecule is O=C1CC2CS(=O)(=O)CCN2c2c(Cl)cccc2N1. The fraction of sp³-hybridized carbons (Fsp3) is 0.417. The molecule has 2 heterocycles. The predicted molar refractivity (Wildman–Crippen MR) is 74.5 cm³/mol. The first kappa shape index (κ1) is 12.7. The van der Waals surface area contributed by atoms with Crippen LogP contribution in [0.4, 0.5) is 11.4 Å². The minimum absolute atomic E-state index is 0.00504. The third-order valence-corrected chi connectivity index (χ3v) is 5.50. The van der Waals surface area contributed by atoms with Crippen molar-refractivity contribution in [2.75, 3.05) is 28.3 Å². The number of para-hydroxylation sites is 1. The van der Waals surface area contributed by atoms with Gasteiger partial charge in [-0.25, -0.2) is 8.42 Å². The molecule has 1 aromatic rings. The molecule has 1 fully saturated rings. The number of carbonyl (C=O) groups is 1. The highest BCUT2D eigenvalue weighted by Crippen LogP contribution is 2.38. The van der Waals surface area contributed by atoms with Crippen LogP contribution in [0.5, 0.6) is 0 Å². The molecular weight excluding hydrogens is 288 g/mol. The number of nitrogens with one attached hydrogen (secondary N) is 1. The van der Waals surface area contributed by atoms with Crippen LogP contribution in [0.1, 0.15) is 6.42 Å². The number of hydrogen-bond acceptors (Lipinski definition) is 4. The lowest BCUT2D eigenvalue weighted by Gasteiger charge is -2.36. The second-order valence-electron chi connectivity index (χ2n) is 4.85. The molecule has 2 aliphatic heterocycles. The quantitative estimate of drug-likeness (QED) is 0.784. The van der Waals surface area contributed by atoms with Gasteiger partial charge < -0.3 is 10.2 Å². The van der Waals surface area contributed by atoms with Gasteiger partial charge in [-0.2, -0.15) is 0 Å². The summed E-state index contributed by atoms with van der Waals surface area (Å²) < 4.78 is 23.5. The Hall–Kier alpha value is -1.27. The molecule has 19 heavy (non-hydrogen) atoms. The molecule has 0 bridgehead atoms. The average Bonchev–Trinajstić information content (AvgIpc) is 2.43. The van der Waals surface area contributed by atoms with E-state index in [0.29, 0.717) is 17.3 Å². The van der Waals surface area contributed by atoms with E-state index in [-0.39, 0.29) is 29.9 Å². The van der Waals surface area contributed by atoms with Gasteiger partial charge in [0.15, 0.2) is 9.84 Å². The number of anilines is 2. The summed E-state index contributed by atoms with van der Waals surface area (Å²) in [4.78, 5) is 13.8. The van der Waals surface area contributed by atoms with Gasteiger partial charge in [0, 0.05) is 13.0 Å². The second-order valence-corrected chi connectivity index (χ2v) is 7.49. The predicted octanol–water partition coefficient (Wildman–Crippen LogP) is 1.29. The first-order chi connectivity index (χ1) is 8.96. The van der Waals surface area contributed by atoms with Gasteiger partial charge in [-0.3, -0.25) is 4.79 Å². The van der Waals surface area contributed by atoms with E-state index < -0.39 is 9.84 Å². The Kier molecular flexibility index (Phi) is 2.94. The molecule has 1 N–H and O–H groups in total. The molecule has 102 valence electrons. The number of sulfone groups is 1. The zero-order valence-corrected chi connectivity index (χ0v) is 11.7. The van der Waals surface area contributed by atoms with Crippen LogP contribution in [0.25, 0.3) is 0 Å². The van der Waals surface area contributed by atoms with Crippen molar-refractivity contribution in [3.63, 3.8) is 0 Å². The highest BCUT2D eigenvalue weighted by Gasteiger charge is 2.36. The summed E-state index contributed by atoms with van der Waals surface area (Å²) in [7, 11) is -3.07. The van der Waals surface area contributed by atoms with E-state index in [4.69, 9.17) is 11.6 Å². The molecule has 1 unspecified atom stereocenters. The number of benzene rings is 1. The molecule has 7 heteroatoms. The molecule has 0 radical (unpaired) electrons. The number of nitrogens with zero attached hydrogens (tertiary/aromatic N) is 1. The maximum absolute atomic E-state index is 11.8. The van der Waals surface area contributed by atoms with Gasteiger partial charge in [0.1, 0.15) is 0 Å². The lowest BCUT2D eigenvalue weighted by molar-refractivity contribution is -0.116. The first-order valence-corrected chi connectivity index (χ1v) is 8.22. The van der Waals surface area contributed by atoms with Crippen molar-refractivity contribution in [2.24, 2.45) is 0 Å². The molecule has 1 aromatic carbocycles. The van der Waals surface area contributed by atoms with E-state index in [1.165, 1.54) is 0 Å². The zero-order valence-electron chi connectivity index (χ0n) is 10.1. The normalized spacial score (nSPS) is 25.0. The van der Waals surface area contributed by atoms with E-state index in [1.807, 2.05) is 4.90 Å². The van der Waals surface area contributed by atoms with Crippen molar-refractivity contribution < 1.29 is 13.2 Å². The van der Waals surface area contributed by atoms with Crippen molar-refractivity contribution >= 4 is 38.7 Å². The molecular formula is C12H13ClN2O3S. The Balaban J connectivity index is 2.10. The van der Waals surface area contributed by atoms with Gasteiger partial charge >= 0.3 is 0 Å². The van der Waals surface area contributed by atoms with E-state index in [0.717, 1.165) is 5.69 Å². The summed E-state index contributed by atoms with van der Waals surface area (Å²) in [6.07, 6.45) is 0.171. The number of amides is 1. The summed E-state index contributed by atoms with van der Waals surface area (Å²) in [6, 6.07) is 4.96. The van der Waals surface area contributed by atoms with Crippen molar-refractivity contribution in [1.29, 1.82) is 0 Å². The molecule has 1 amide bonds. The Bertz CT molecular complexity index is 644. The Labute approximate surface area is 116 Å². The molecule has 2 aliphatic rings. The first-order valence-electron chi connectivity index (χ1n) is 6.02. The molecule has 0 aliphatic carbocycles. The minimum atomic E-state index is -3.07. The van der Waals surface area contributed by atoms with Crippen molar-refractivity contribution in [3.05, 3.63) is 23.2 Å². The largest absolute Gasteiger partial charge is 0.363 e. The number of rotatable bonds is 0. The Morgan fingerprint density at radius 2 is 2.16 bits per heavy atom. The highest BCUT2D eigenvalue weighted by atomic mass is 35.5. The Morgan fingerprint density at radius 1 is 1.37 bits per heavy atom. The molecule has 5 nitrogen and oxygen atoms in total. The number of fused-ring (bicyclic) bond motifs is 3. The number of halogens is 1. The minimum Gasteiger partial charge on any atom is -0.363 e. The van der Waals surface area contributed by atoms with Gasteiger partial charge in [-0.15, -0.1) is 0 Å². The second kappa shape index (κ2) is 4.38. The zero-order chi connectivity index (χ0) is 13.6. The van der Waals surface area contributed by atoms with E-state index in [9.17, 15) is 13.2 Å². The van der Waals surface area contributed by atoms with E-state index >= 15 is 0 Å². The van der Waals surface area contributed by atoms with Crippen molar-refractivity contribution in [3.8, 4) is 0 Å². The standard InChI is InChI=1S/C12H13ClN2O3S/c13-9-2-1-3-10-12(9)15-4-5-19(17,18)7-8(15)6-11(16)14-10/h1-3,8H,4-7H2,(H,14,16). The average molecular weight is 301 g/mol. The lowest BCUT2D eigenvalue weighted by atomic mass is 10.1.